The van der Waals surface area contributed by atoms with Crippen LogP contribution in [0.2, 0.25) is 0 Å². The molecule has 1 rings (SSSR count). The van der Waals surface area contributed by atoms with Crippen molar-refractivity contribution in [3.8, 4) is 0 Å². The van der Waals surface area contributed by atoms with Gasteiger partial charge in [-0.1, -0.05) is 54.8 Å². The van der Waals surface area contributed by atoms with E-state index >= 15 is 0 Å². The van der Waals surface area contributed by atoms with Crippen LogP contribution in [0.5, 0.6) is 0 Å². The number of carbonyl (C=O) groups excluding carboxylic acids is 1. The molecule has 0 saturated carbocycles. The van der Waals surface area contributed by atoms with Gasteiger partial charge in [-0.15, -0.1) is 10.2 Å². The normalized spacial score (nSPS) is 12.2. The zero-order valence-corrected chi connectivity index (χ0v) is 14.5. The molecule has 0 saturated heterocycles. The van der Waals surface area contributed by atoms with Crippen LogP contribution in [0.25, 0.3) is 0 Å². The molecule has 0 aliphatic rings. The van der Waals surface area contributed by atoms with Crippen molar-refractivity contribution in [1.82, 2.24) is 10.2 Å². The van der Waals surface area contributed by atoms with E-state index in [0.29, 0.717) is 11.3 Å². The van der Waals surface area contributed by atoms with Crippen LogP contribution >= 0.6 is 34.9 Å². The number of rotatable bonds is 9. The SMILES string of the molecule is C=C(C)C(=O)OC(C)CSc1nnc(SCCCC)s1. The Hall–Kier alpha value is -0.530. The highest BCUT2D eigenvalue weighted by Crippen LogP contribution is 2.29. The van der Waals surface area contributed by atoms with Crippen LogP contribution in [0.4, 0.5) is 0 Å². The molecule has 0 N–H and O–H groups in total. The van der Waals surface area contributed by atoms with Crippen molar-refractivity contribution in [3.05, 3.63) is 12.2 Å². The fraction of sp³-hybridized carbons (Fsp3) is 0.615. The molecule has 0 fully saturated rings. The Bertz CT molecular complexity index is 449. The Morgan fingerprint density at radius 2 is 2.05 bits per heavy atom. The second-order valence-electron chi connectivity index (χ2n) is 4.34. The zero-order chi connectivity index (χ0) is 15.0. The number of aromatic nitrogens is 2. The van der Waals surface area contributed by atoms with Crippen molar-refractivity contribution in [2.45, 2.75) is 48.4 Å². The van der Waals surface area contributed by atoms with Gasteiger partial charge in [0.2, 0.25) is 0 Å². The molecule has 1 atom stereocenters. The van der Waals surface area contributed by atoms with Crippen molar-refractivity contribution >= 4 is 40.8 Å². The number of ether oxygens (including phenoxy) is 1. The molecular formula is C13H20N2O2S3. The maximum atomic E-state index is 11.4. The predicted molar refractivity (Wildman–Crippen MR) is 86.6 cm³/mol. The maximum absolute atomic E-state index is 11.4. The molecule has 7 heteroatoms. The number of nitrogens with zero attached hydrogens (tertiary/aromatic N) is 2. The quantitative estimate of drug-likeness (QED) is 0.294. The summed E-state index contributed by atoms with van der Waals surface area (Å²) in [6, 6.07) is 0. The standard InChI is InChI=1S/C13H20N2O2S3/c1-5-6-7-18-12-14-15-13(20-12)19-8-10(4)17-11(16)9(2)3/h10H,2,5-8H2,1,3-4H3. The van der Waals surface area contributed by atoms with Crippen molar-refractivity contribution in [3.63, 3.8) is 0 Å². The van der Waals surface area contributed by atoms with Crippen LogP contribution < -0.4 is 0 Å². The third-order valence-corrected chi connectivity index (χ3v) is 5.72. The molecule has 20 heavy (non-hydrogen) atoms. The van der Waals surface area contributed by atoms with E-state index in [4.69, 9.17) is 4.74 Å². The minimum atomic E-state index is -0.342. The van der Waals surface area contributed by atoms with Gasteiger partial charge < -0.3 is 4.74 Å². The van der Waals surface area contributed by atoms with Crippen molar-refractivity contribution < 1.29 is 9.53 Å². The number of hydrogen-bond donors (Lipinski definition) is 0. The Balaban J connectivity index is 2.31. The van der Waals surface area contributed by atoms with Crippen LogP contribution in [0.1, 0.15) is 33.6 Å². The first-order valence-corrected chi connectivity index (χ1v) is 9.27. The van der Waals surface area contributed by atoms with Crippen LogP contribution in [0, 0.1) is 0 Å². The molecule has 1 aromatic rings. The van der Waals surface area contributed by atoms with E-state index in [0.717, 1.165) is 14.4 Å². The topological polar surface area (TPSA) is 52.1 Å². The molecule has 0 aliphatic carbocycles. The third kappa shape index (κ3) is 6.76. The first kappa shape index (κ1) is 17.5. The van der Waals surface area contributed by atoms with Crippen LogP contribution in [-0.4, -0.2) is 33.8 Å². The number of thioether (sulfide) groups is 2. The summed E-state index contributed by atoms with van der Waals surface area (Å²) in [6.07, 6.45) is 2.23. The predicted octanol–water partition coefficient (Wildman–Crippen LogP) is 4.03. The van der Waals surface area contributed by atoms with Gasteiger partial charge in [0.1, 0.15) is 6.10 Å². The molecule has 1 aromatic heterocycles. The van der Waals surface area contributed by atoms with E-state index in [-0.39, 0.29) is 12.1 Å². The van der Waals surface area contributed by atoms with Crippen molar-refractivity contribution in [1.29, 1.82) is 0 Å². The van der Waals surface area contributed by atoms with E-state index in [2.05, 4.69) is 23.7 Å². The summed E-state index contributed by atoms with van der Waals surface area (Å²) in [5.74, 6) is 1.42. The summed E-state index contributed by atoms with van der Waals surface area (Å²) in [7, 11) is 0. The second kappa shape index (κ2) is 9.41. The number of unbranched alkanes of at least 4 members (excludes halogenated alkanes) is 1. The zero-order valence-electron chi connectivity index (χ0n) is 12.0. The van der Waals surface area contributed by atoms with Gasteiger partial charge >= 0.3 is 5.97 Å². The molecule has 4 nitrogen and oxygen atoms in total. The van der Waals surface area contributed by atoms with Gasteiger partial charge in [0.05, 0.1) is 0 Å². The van der Waals surface area contributed by atoms with E-state index in [1.165, 1.54) is 12.8 Å². The number of hydrogen-bond acceptors (Lipinski definition) is 7. The largest absolute Gasteiger partial charge is 0.458 e. The van der Waals surface area contributed by atoms with Gasteiger partial charge in [-0.2, -0.15) is 0 Å². The monoisotopic (exact) mass is 332 g/mol. The Morgan fingerprint density at radius 3 is 2.65 bits per heavy atom. The summed E-state index contributed by atoms with van der Waals surface area (Å²) in [4.78, 5) is 11.4. The molecule has 0 bridgehead atoms. The highest BCUT2D eigenvalue weighted by molar-refractivity contribution is 8.03. The summed E-state index contributed by atoms with van der Waals surface area (Å²) in [6.45, 7) is 9.25. The molecule has 0 aromatic carbocycles. The molecule has 0 radical (unpaired) electrons. The van der Waals surface area contributed by atoms with Crippen LogP contribution in [0.15, 0.2) is 20.8 Å². The summed E-state index contributed by atoms with van der Waals surface area (Å²) < 4.78 is 7.14. The first-order chi connectivity index (χ1) is 9.52. The molecule has 0 amide bonds. The maximum Gasteiger partial charge on any atom is 0.333 e. The van der Waals surface area contributed by atoms with Crippen LogP contribution in [0.3, 0.4) is 0 Å². The Morgan fingerprint density at radius 1 is 1.40 bits per heavy atom. The van der Waals surface area contributed by atoms with Gasteiger partial charge in [-0.3, -0.25) is 0 Å². The summed E-state index contributed by atoms with van der Waals surface area (Å²) in [5.41, 5.74) is 0.423. The average Bonchev–Trinajstić information content (AvgIpc) is 2.84. The molecule has 0 spiro atoms. The van der Waals surface area contributed by atoms with E-state index in [1.54, 1.807) is 41.8 Å². The summed E-state index contributed by atoms with van der Waals surface area (Å²) in [5, 5.41) is 8.28. The minimum Gasteiger partial charge on any atom is -0.458 e. The molecule has 112 valence electrons. The fourth-order valence-corrected chi connectivity index (χ4v) is 4.24. The molecular weight excluding hydrogens is 312 g/mol. The van der Waals surface area contributed by atoms with Gasteiger partial charge in [0.25, 0.3) is 0 Å². The van der Waals surface area contributed by atoms with E-state index in [1.807, 2.05) is 6.92 Å². The van der Waals surface area contributed by atoms with Gasteiger partial charge in [-0.05, 0) is 20.3 Å². The summed E-state index contributed by atoms with van der Waals surface area (Å²) >= 11 is 4.91. The van der Waals surface area contributed by atoms with Gasteiger partial charge in [-0.25, -0.2) is 4.79 Å². The average molecular weight is 333 g/mol. The van der Waals surface area contributed by atoms with Gasteiger partial charge in [0, 0.05) is 17.1 Å². The third-order valence-electron chi connectivity index (χ3n) is 2.21. The fourth-order valence-electron chi connectivity index (χ4n) is 1.12. The number of carbonyl (C=O) groups is 1. The number of esters is 1. The van der Waals surface area contributed by atoms with E-state index < -0.39 is 0 Å². The molecule has 0 aliphatic heterocycles. The van der Waals surface area contributed by atoms with Gasteiger partial charge in [0.15, 0.2) is 8.68 Å². The smallest absolute Gasteiger partial charge is 0.333 e. The lowest BCUT2D eigenvalue weighted by Gasteiger charge is -2.11. The Kier molecular flexibility index (Phi) is 8.25. The van der Waals surface area contributed by atoms with Crippen molar-refractivity contribution in [2.24, 2.45) is 0 Å². The van der Waals surface area contributed by atoms with Crippen LogP contribution in [-0.2, 0) is 9.53 Å². The highest BCUT2D eigenvalue weighted by Gasteiger charge is 2.12. The molecule has 1 heterocycles. The lowest BCUT2D eigenvalue weighted by Crippen LogP contribution is -2.17. The molecule has 1 unspecified atom stereocenters. The highest BCUT2D eigenvalue weighted by atomic mass is 32.2. The lowest BCUT2D eigenvalue weighted by atomic mass is 10.3. The lowest BCUT2D eigenvalue weighted by molar-refractivity contribution is -0.142. The second-order valence-corrected chi connectivity index (χ2v) is 7.93. The Labute approximate surface area is 132 Å². The van der Waals surface area contributed by atoms with Crippen molar-refractivity contribution in [2.75, 3.05) is 11.5 Å². The first-order valence-electron chi connectivity index (χ1n) is 6.48. The van der Waals surface area contributed by atoms with E-state index in [9.17, 15) is 4.79 Å². The minimum absolute atomic E-state index is 0.163.